The third-order valence-corrected chi connectivity index (χ3v) is 6.00. The lowest BCUT2D eigenvalue weighted by Crippen LogP contribution is -2.25. The predicted molar refractivity (Wildman–Crippen MR) is 131 cm³/mol. The van der Waals surface area contributed by atoms with Crippen molar-refractivity contribution in [2.75, 3.05) is 26.3 Å². The highest BCUT2D eigenvalue weighted by molar-refractivity contribution is 7.22. The first-order valence-electron chi connectivity index (χ1n) is 10.2. The fraction of sp³-hybridized carbons (Fsp3) is 0.160. The van der Waals surface area contributed by atoms with Gasteiger partial charge in [-0.2, -0.15) is 10.1 Å². The molecule has 174 valence electrons. The Balaban J connectivity index is 1.81. The maximum absolute atomic E-state index is 13.7. The predicted octanol–water partition coefficient (Wildman–Crippen LogP) is 5.45. The zero-order chi connectivity index (χ0) is 24.2. The van der Waals surface area contributed by atoms with Crippen molar-refractivity contribution in [3.05, 3.63) is 77.1 Å². The highest BCUT2D eigenvalue weighted by Gasteiger charge is 2.24. The summed E-state index contributed by atoms with van der Waals surface area (Å²) >= 11 is 1.34. The maximum atomic E-state index is 13.7. The topological polar surface area (TPSA) is 73.2 Å². The van der Waals surface area contributed by atoms with E-state index in [4.69, 9.17) is 14.2 Å². The molecule has 1 heterocycles. The average molecular weight is 480 g/mol. The molecular weight excluding hydrogens is 457 g/mol. The number of hydrazone groups is 1. The lowest BCUT2D eigenvalue weighted by atomic mass is 10.1. The van der Waals surface area contributed by atoms with E-state index < -0.39 is 5.91 Å². The Hall–Kier alpha value is -3.98. The van der Waals surface area contributed by atoms with Crippen molar-refractivity contribution in [2.24, 2.45) is 5.10 Å². The van der Waals surface area contributed by atoms with Gasteiger partial charge in [-0.3, -0.25) is 4.79 Å². The number of nitrogens with zero attached hydrogens (tertiary/aromatic N) is 3. The molecule has 1 aromatic heterocycles. The zero-order valence-corrected chi connectivity index (χ0v) is 19.9. The van der Waals surface area contributed by atoms with Crippen molar-refractivity contribution in [3.8, 4) is 17.2 Å². The first kappa shape index (κ1) is 23.2. The second kappa shape index (κ2) is 9.88. The molecule has 0 saturated carbocycles. The van der Waals surface area contributed by atoms with E-state index in [1.807, 2.05) is 25.1 Å². The highest BCUT2D eigenvalue weighted by Crippen LogP contribution is 2.39. The third-order valence-electron chi connectivity index (χ3n) is 5.01. The first-order valence-corrected chi connectivity index (χ1v) is 11.1. The Labute approximate surface area is 200 Å². The lowest BCUT2D eigenvalue weighted by molar-refractivity contribution is 0.0987. The normalized spacial score (nSPS) is 11.1. The van der Waals surface area contributed by atoms with Gasteiger partial charge in [0.25, 0.3) is 5.91 Å². The quantitative estimate of drug-likeness (QED) is 0.260. The van der Waals surface area contributed by atoms with Crippen molar-refractivity contribution in [1.82, 2.24) is 4.98 Å². The van der Waals surface area contributed by atoms with Crippen LogP contribution in [0.4, 0.5) is 9.52 Å². The summed E-state index contributed by atoms with van der Waals surface area (Å²) in [7, 11) is 4.45. The van der Waals surface area contributed by atoms with Crippen LogP contribution in [0.15, 0.2) is 59.7 Å². The molecule has 0 N–H and O–H groups in total. The van der Waals surface area contributed by atoms with E-state index in [9.17, 15) is 9.18 Å². The molecule has 0 fully saturated rings. The number of carbonyl (C=O) groups excluding carboxylic acids is 1. The number of amides is 1. The van der Waals surface area contributed by atoms with E-state index in [1.165, 1.54) is 56.0 Å². The Morgan fingerprint density at radius 3 is 2.29 bits per heavy atom. The number of hydrogen-bond donors (Lipinski definition) is 0. The number of carbonyl (C=O) groups is 1. The second-order valence-electron chi connectivity index (χ2n) is 7.29. The molecular formula is C25H22FN3O4S. The molecule has 0 spiro atoms. The summed E-state index contributed by atoms with van der Waals surface area (Å²) in [5, 5.41) is 6.01. The van der Waals surface area contributed by atoms with E-state index in [0.717, 1.165) is 15.8 Å². The molecule has 0 aliphatic carbocycles. The van der Waals surface area contributed by atoms with Gasteiger partial charge in [0.1, 0.15) is 5.82 Å². The van der Waals surface area contributed by atoms with Crippen molar-refractivity contribution in [2.45, 2.75) is 6.92 Å². The van der Waals surface area contributed by atoms with Crippen LogP contribution >= 0.6 is 11.3 Å². The van der Waals surface area contributed by atoms with Gasteiger partial charge >= 0.3 is 0 Å². The number of aryl methyl sites for hydroxylation is 1. The Morgan fingerprint density at radius 1 is 1.00 bits per heavy atom. The summed E-state index contributed by atoms with van der Waals surface area (Å²) in [5.41, 5.74) is 2.73. The number of fused-ring (bicyclic) bond motifs is 1. The van der Waals surface area contributed by atoms with Gasteiger partial charge in [0, 0.05) is 5.56 Å². The summed E-state index contributed by atoms with van der Waals surface area (Å²) in [4.78, 5) is 18.3. The molecule has 4 aromatic rings. The Kier molecular flexibility index (Phi) is 6.74. The number of ether oxygens (including phenoxy) is 3. The molecule has 9 heteroatoms. The van der Waals surface area contributed by atoms with Gasteiger partial charge in [-0.25, -0.2) is 9.37 Å². The zero-order valence-electron chi connectivity index (χ0n) is 19.0. The molecule has 0 aliphatic heterocycles. The van der Waals surface area contributed by atoms with Gasteiger partial charge in [0.2, 0.25) is 10.9 Å². The number of benzene rings is 3. The summed E-state index contributed by atoms with van der Waals surface area (Å²) in [6.07, 6.45) is 1.48. The standard InChI is InChI=1S/C25H22FN3O4S/c1-15-5-10-19-22(11-15)34-25(28-19)29(27-14-16-6-8-18(26)9-7-16)24(30)17-12-20(31-2)23(33-4)21(13-17)32-3/h5-14H,1-4H3/b27-14+. The number of aromatic nitrogens is 1. The molecule has 4 rings (SSSR count). The third kappa shape index (κ3) is 4.69. The van der Waals surface area contributed by atoms with E-state index in [1.54, 1.807) is 24.3 Å². The number of halogens is 1. The molecule has 7 nitrogen and oxygen atoms in total. The van der Waals surface area contributed by atoms with E-state index >= 15 is 0 Å². The van der Waals surface area contributed by atoms with Gasteiger partial charge in [0.05, 0.1) is 37.8 Å². The minimum absolute atomic E-state index is 0.265. The monoisotopic (exact) mass is 479 g/mol. The van der Waals surface area contributed by atoms with Gasteiger partial charge in [-0.1, -0.05) is 29.5 Å². The summed E-state index contributed by atoms with van der Waals surface area (Å²) in [6.45, 7) is 1.99. The molecule has 0 aliphatic rings. The van der Waals surface area contributed by atoms with Crippen LogP contribution < -0.4 is 19.2 Å². The number of methoxy groups -OCH3 is 3. The van der Waals surface area contributed by atoms with Crippen molar-refractivity contribution in [3.63, 3.8) is 0 Å². The second-order valence-corrected chi connectivity index (χ2v) is 8.30. The highest BCUT2D eigenvalue weighted by atomic mass is 32.1. The van der Waals surface area contributed by atoms with Crippen LogP contribution in [0.5, 0.6) is 17.2 Å². The van der Waals surface area contributed by atoms with Crippen LogP contribution in [0.25, 0.3) is 10.2 Å². The minimum Gasteiger partial charge on any atom is -0.493 e. The van der Waals surface area contributed by atoms with Gasteiger partial charge in [-0.05, 0) is 54.4 Å². The van der Waals surface area contributed by atoms with Crippen molar-refractivity contribution in [1.29, 1.82) is 0 Å². The van der Waals surface area contributed by atoms with Crippen molar-refractivity contribution < 1.29 is 23.4 Å². The fourth-order valence-electron chi connectivity index (χ4n) is 3.30. The number of anilines is 1. The largest absolute Gasteiger partial charge is 0.493 e. The van der Waals surface area contributed by atoms with Gasteiger partial charge in [0.15, 0.2) is 11.5 Å². The molecule has 0 saturated heterocycles. The SMILES string of the molecule is COc1cc(C(=O)N(/N=C/c2ccc(F)cc2)c2nc3ccc(C)cc3s2)cc(OC)c1OC. The van der Waals surface area contributed by atoms with Crippen molar-refractivity contribution >= 4 is 38.8 Å². The molecule has 0 atom stereocenters. The van der Waals surface area contributed by atoms with Crippen LogP contribution in [0.1, 0.15) is 21.5 Å². The van der Waals surface area contributed by atoms with E-state index in [-0.39, 0.29) is 11.4 Å². The van der Waals surface area contributed by atoms with Gasteiger partial charge < -0.3 is 14.2 Å². The van der Waals surface area contributed by atoms with Gasteiger partial charge in [-0.15, -0.1) is 0 Å². The Bertz CT molecular complexity index is 1340. The van der Waals surface area contributed by atoms with Crippen LogP contribution in [0.3, 0.4) is 0 Å². The van der Waals surface area contributed by atoms with Crippen LogP contribution in [-0.4, -0.2) is 38.4 Å². The molecule has 3 aromatic carbocycles. The molecule has 34 heavy (non-hydrogen) atoms. The number of hydrogen-bond acceptors (Lipinski definition) is 7. The first-order chi connectivity index (χ1) is 16.4. The lowest BCUT2D eigenvalue weighted by Gasteiger charge is -2.17. The number of thiazole rings is 1. The summed E-state index contributed by atoms with van der Waals surface area (Å²) in [6, 6.07) is 14.8. The Morgan fingerprint density at radius 2 is 1.68 bits per heavy atom. The molecule has 0 bridgehead atoms. The minimum atomic E-state index is -0.451. The van der Waals surface area contributed by atoms with E-state index in [0.29, 0.717) is 27.9 Å². The molecule has 0 radical (unpaired) electrons. The maximum Gasteiger partial charge on any atom is 0.281 e. The van der Waals surface area contributed by atoms with Crippen LogP contribution in [0, 0.1) is 12.7 Å². The smallest absolute Gasteiger partial charge is 0.281 e. The van der Waals surface area contributed by atoms with Crippen LogP contribution in [0.2, 0.25) is 0 Å². The molecule has 0 unspecified atom stereocenters. The number of rotatable bonds is 7. The summed E-state index contributed by atoms with van der Waals surface area (Å²) < 4.78 is 30.4. The summed E-state index contributed by atoms with van der Waals surface area (Å²) in [5.74, 6) is 0.246. The molecule has 1 amide bonds. The fourth-order valence-corrected chi connectivity index (χ4v) is 4.32. The average Bonchev–Trinajstić information content (AvgIpc) is 3.26. The van der Waals surface area contributed by atoms with E-state index in [2.05, 4.69) is 10.1 Å². The van der Waals surface area contributed by atoms with Crippen LogP contribution in [-0.2, 0) is 0 Å².